The molecular formula is C27H20F2N6O2. The van der Waals surface area contributed by atoms with Crippen molar-refractivity contribution in [3.63, 3.8) is 0 Å². The molecule has 10 heteroatoms. The van der Waals surface area contributed by atoms with Gasteiger partial charge in [0.25, 0.3) is 0 Å². The van der Waals surface area contributed by atoms with E-state index in [0.29, 0.717) is 50.7 Å². The molecule has 2 N–H and O–H groups in total. The summed E-state index contributed by atoms with van der Waals surface area (Å²) in [5.74, 6) is -0.625. The average Bonchev–Trinajstić information content (AvgIpc) is 2.88. The van der Waals surface area contributed by atoms with Gasteiger partial charge in [0.15, 0.2) is 11.7 Å². The van der Waals surface area contributed by atoms with Gasteiger partial charge in [0.1, 0.15) is 11.3 Å². The summed E-state index contributed by atoms with van der Waals surface area (Å²) >= 11 is 0. The smallest absolute Gasteiger partial charge is 0.232 e. The lowest BCUT2D eigenvalue weighted by atomic mass is 9.76. The minimum atomic E-state index is -1.28. The zero-order valence-electron chi connectivity index (χ0n) is 19.9. The Hall–Kier alpha value is -4.73. The van der Waals surface area contributed by atoms with Crippen molar-refractivity contribution in [1.29, 1.82) is 0 Å². The van der Waals surface area contributed by atoms with E-state index in [9.17, 15) is 13.6 Å². The van der Waals surface area contributed by atoms with Gasteiger partial charge in [-0.1, -0.05) is 6.07 Å². The number of hydrogen-bond acceptors (Lipinski definition) is 7. The number of aromatic nitrogens is 3. The van der Waals surface area contributed by atoms with Crippen LogP contribution in [0.15, 0.2) is 65.9 Å². The Morgan fingerprint density at radius 1 is 1.03 bits per heavy atom. The van der Waals surface area contributed by atoms with Gasteiger partial charge in [-0.25, -0.2) is 19.9 Å². The topological polar surface area (TPSA) is 107 Å². The number of rotatable bonds is 2. The van der Waals surface area contributed by atoms with Crippen LogP contribution in [0, 0.1) is 18.8 Å². The Morgan fingerprint density at radius 3 is 2.62 bits per heavy atom. The van der Waals surface area contributed by atoms with Crippen molar-refractivity contribution in [3.8, 4) is 33.9 Å². The third-order valence-corrected chi connectivity index (χ3v) is 6.75. The number of nitrogens with zero attached hydrogens (tertiary/aromatic N) is 5. The fourth-order valence-electron chi connectivity index (χ4n) is 4.86. The van der Waals surface area contributed by atoms with E-state index in [1.54, 1.807) is 56.4 Å². The lowest BCUT2D eigenvalue weighted by molar-refractivity contribution is -0.128. The summed E-state index contributed by atoms with van der Waals surface area (Å²) in [6, 6.07) is 13.1. The molecule has 1 atom stereocenters. The van der Waals surface area contributed by atoms with Crippen molar-refractivity contribution < 1.29 is 18.3 Å². The van der Waals surface area contributed by atoms with E-state index < -0.39 is 17.4 Å². The van der Waals surface area contributed by atoms with Crippen molar-refractivity contribution in [2.24, 2.45) is 10.7 Å². The van der Waals surface area contributed by atoms with Crippen LogP contribution in [-0.2, 0) is 10.3 Å². The van der Waals surface area contributed by atoms with Gasteiger partial charge in [-0.15, -0.1) is 0 Å². The Labute approximate surface area is 210 Å². The number of guanidine groups is 1. The summed E-state index contributed by atoms with van der Waals surface area (Å²) in [6.07, 6.45) is 2.67. The number of carbonyl (C=O) groups is 1. The zero-order valence-corrected chi connectivity index (χ0v) is 19.9. The van der Waals surface area contributed by atoms with E-state index in [4.69, 9.17) is 15.5 Å². The summed E-state index contributed by atoms with van der Waals surface area (Å²) in [6.45, 7) is 1.77. The fourth-order valence-corrected chi connectivity index (χ4v) is 4.86. The van der Waals surface area contributed by atoms with Crippen molar-refractivity contribution in [2.75, 3.05) is 7.05 Å². The third kappa shape index (κ3) is 3.52. The highest BCUT2D eigenvalue weighted by atomic mass is 19.1. The summed E-state index contributed by atoms with van der Waals surface area (Å²) < 4.78 is 34.8. The molecule has 6 rings (SSSR count). The number of nitrogens with two attached hydrogens (primary N) is 1. The summed E-state index contributed by atoms with van der Waals surface area (Å²) in [5, 5.41) is 0. The molecule has 0 saturated heterocycles. The van der Waals surface area contributed by atoms with E-state index >= 15 is 0 Å². The molecule has 1 unspecified atom stereocenters. The lowest BCUT2D eigenvalue weighted by Crippen LogP contribution is -2.49. The van der Waals surface area contributed by atoms with Crippen LogP contribution in [0.4, 0.5) is 8.78 Å². The molecule has 1 aromatic carbocycles. The van der Waals surface area contributed by atoms with E-state index in [1.165, 1.54) is 23.4 Å². The fraction of sp³-hybridized carbons (Fsp3) is 0.148. The van der Waals surface area contributed by atoms with Crippen molar-refractivity contribution in [2.45, 2.75) is 18.9 Å². The highest BCUT2D eigenvalue weighted by molar-refractivity contribution is 6.00. The van der Waals surface area contributed by atoms with Gasteiger partial charge < -0.3 is 10.5 Å². The monoisotopic (exact) mass is 498 g/mol. The molecular weight excluding hydrogens is 478 g/mol. The largest absolute Gasteiger partial charge is 0.455 e. The second kappa shape index (κ2) is 8.16. The summed E-state index contributed by atoms with van der Waals surface area (Å²) in [5.41, 5.74) is 8.37. The number of ether oxygens (including phenoxy) is 1. The van der Waals surface area contributed by atoms with E-state index in [-0.39, 0.29) is 18.3 Å². The molecule has 184 valence electrons. The Balaban J connectivity index is 1.64. The highest BCUT2D eigenvalue weighted by Crippen LogP contribution is 2.54. The standard InChI is InChI=1S/C27H20F2N6O2/c1-14-24-19(12-20(33-14)16-7-9-31-22(28)11-16)27(13-23(36)35(2)26(30)34-27)18-10-15(5-6-21(18)37-24)17-4-3-8-32-25(17)29/h3-12H,13H2,1-2H3,(H2,30,34). The van der Waals surface area contributed by atoms with Gasteiger partial charge >= 0.3 is 0 Å². The molecule has 0 fully saturated rings. The Kier molecular flexibility index (Phi) is 5.01. The molecule has 37 heavy (non-hydrogen) atoms. The van der Waals surface area contributed by atoms with Crippen LogP contribution in [-0.4, -0.2) is 38.8 Å². The minimum absolute atomic E-state index is 0.0268. The van der Waals surface area contributed by atoms with Crippen molar-refractivity contribution in [3.05, 3.63) is 89.6 Å². The van der Waals surface area contributed by atoms with Gasteiger partial charge in [-0.2, -0.15) is 8.78 Å². The number of carbonyl (C=O) groups excluding carboxylic acids is 1. The summed E-state index contributed by atoms with van der Waals surface area (Å²) in [7, 11) is 1.56. The van der Waals surface area contributed by atoms with Crippen LogP contribution in [0.2, 0.25) is 0 Å². The van der Waals surface area contributed by atoms with Crippen LogP contribution in [0.25, 0.3) is 22.4 Å². The molecule has 0 bridgehead atoms. The van der Waals surface area contributed by atoms with Gasteiger partial charge in [-0.05, 0) is 48.9 Å². The zero-order chi connectivity index (χ0) is 25.9. The van der Waals surface area contributed by atoms with Crippen LogP contribution in [0.5, 0.6) is 11.5 Å². The third-order valence-electron chi connectivity index (χ3n) is 6.75. The second-order valence-electron chi connectivity index (χ2n) is 8.95. The van der Waals surface area contributed by atoms with Gasteiger partial charge in [0.05, 0.1) is 17.8 Å². The maximum atomic E-state index is 14.6. The van der Waals surface area contributed by atoms with Crippen molar-refractivity contribution in [1.82, 2.24) is 19.9 Å². The molecule has 0 radical (unpaired) electrons. The molecule has 1 spiro atoms. The van der Waals surface area contributed by atoms with Gasteiger partial charge in [0, 0.05) is 47.8 Å². The number of fused-ring (bicyclic) bond motifs is 4. The number of halogens is 2. The highest BCUT2D eigenvalue weighted by Gasteiger charge is 2.48. The first-order valence-corrected chi connectivity index (χ1v) is 11.5. The quantitative estimate of drug-likeness (QED) is 0.413. The van der Waals surface area contributed by atoms with E-state index in [1.807, 2.05) is 0 Å². The summed E-state index contributed by atoms with van der Waals surface area (Å²) in [4.78, 5) is 31.3. The minimum Gasteiger partial charge on any atom is -0.455 e. The molecule has 2 aliphatic rings. The first kappa shape index (κ1) is 22.7. The molecule has 5 heterocycles. The van der Waals surface area contributed by atoms with Crippen LogP contribution in [0.3, 0.4) is 0 Å². The SMILES string of the molecule is Cc1nc(-c2ccnc(F)c2)cc2c1Oc1ccc(-c3cccnc3F)cc1C21CC(=O)N(C)C(N)=N1. The van der Waals surface area contributed by atoms with Crippen LogP contribution < -0.4 is 10.5 Å². The predicted octanol–water partition coefficient (Wildman–Crippen LogP) is 4.32. The van der Waals surface area contributed by atoms with Crippen LogP contribution >= 0.6 is 0 Å². The molecule has 0 aliphatic carbocycles. The number of hydrogen-bond donors (Lipinski definition) is 1. The molecule has 8 nitrogen and oxygen atoms in total. The first-order chi connectivity index (χ1) is 17.8. The first-order valence-electron chi connectivity index (χ1n) is 11.5. The van der Waals surface area contributed by atoms with E-state index in [2.05, 4.69) is 15.0 Å². The number of amides is 1. The van der Waals surface area contributed by atoms with Crippen LogP contribution in [0.1, 0.15) is 23.2 Å². The normalized spacial score (nSPS) is 18.2. The molecule has 3 aromatic heterocycles. The second-order valence-corrected chi connectivity index (χ2v) is 8.95. The number of aryl methyl sites for hydroxylation is 1. The molecule has 0 saturated carbocycles. The molecule has 1 amide bonds. The molecule has 2 aliphatic heterocycles. The maximum Gasteiger partial charge on any atom is 0.232 e. The molecule has 4 aromatic rings. The number of benzene rings is 1. The number of pyridine rings is 3. The van der Waals surface area contributed by atoms with Gasteiger partial charge in [0.2, 0.25) is 17.8 Å². The van der Waals surface area contributed by atoms with E-state index in [0.717, 1.165) is 0 Å². The maximum absolute atomic E-state index is 14.6. The predicted molar refractivity (Wildman–Crippen MR) is 132 cm³/mol. The number of aliphatic imine (C=N–C) groups is 1. The lowest BCUT2D eigenvalue weighted by Gasteiger charge is -2.41. The Morgan fingerprint density at radius 2 is 1.86 bits per heavy atom. The Bertz CT molecular complexity index is 1640. The van der Waals surface area contributed by atoms with Crippen molar-refractivity contribution >= 4 is 11.9 Å². The average molecular weight is 498 g/mol. The van der Waals surface area contributed by atoms with Gasteiger partial charge in [-0.3, -0.25) is 9.69 Å².